The van der Waals surface area contributed by atoms with Gasteiger partial charge >= 0.3 is 0 Å². The average Bonchev–Trinajstić information content (AvgIpc) is 2.49. The maximum Gasteiger partial charge on any atom is 0.240 e. The zero-order valence-corrected chi connectivity index (χ0v) is 13.5. The Morgan fingerprint density at radius 3 is 2.38 bits per heavy atom. The van der Waals surface area contributed by atoms with Crippen LogP contribution in [0.5, 0.6) is 0 Å². The maximum atomic E-state index is 12.3. The lowest BCUT2D eigenvalue weighted by Gasteiger charge is -2.36. The Balaban J connectivity index is 2.01. The number of hydrogen-bond donors (Lipinski definition) is 1. The van der Waals surface area contributed by atoms with Crippen LogP contribution in [0.25, 0.3) is 0 Å². The van der Waals surface area contributed by atoms with Crippen molar-refractivity contribution in [1.82, 2.24) is 9.62 Å². The molecule has 0 bridgehead atoms. The van der Waals surface area contributed by atoms with Crippen molar-refractivity contribution >= 4 is 10.0 Å². The Kier molecular flexibility index (Phi) is 5.75. The van der Waals surface area contributed by atoms with Crippen molar-refractivity contribution in [3.05, 3.63) is 30.3 Å². The topological polar surface area (TPSA) is 58.6 Å². The van der Waals surface area contributed by atoms with E-state index in [1.165, 1.54) is 0 Å². The number of ether oxygens (including phenoxy) is 1. The van der Waals surface area contributed by atoms with E-state index in [0.717, 1.165) is 13.1 Å². The summed E-state index contributed by atoms with van der Waals surface area (Å²) in [7, 11) is -3.44. The van der Waals surface area contributed by atoms with E-state index in [1.54, 1.807) is 24.3 Å². The summed E-state index contributed by atoms with van der Waals surface area (Å²) in [5.74, 6) is 0.376. The van der Waals surface area contributed by atoms with E-state index in [2.05, 4.69) is 23.5 Å². The summed E-state index contributed by atoms with van der Waals surface area (Å²) in [5, 5.41) is 0. The van der Waals surface area contributed by atoms with Crippen LogP contribution in [0.4, 0.5) is 0 Å². The van der Waals surface area contributed by atoms with Crippen molar-refractivity contribution in [1.29, 1.82) is 0 Å². The minimum absolute atomic E-state index is 0.187. The van der Waals surface area contributed by atoms with Crippen molar-refractivity contribution in [3.8, 4) is 0 Å². The van der Waals surface area contributed by atoms with E-state index in [4.69, 9.17) is 4.74 Å². The number of rotatable bonds is 6. The first kappa shape index (κ1) is 16.4. The lowest BCUT2D eigenvalue weighted by Crippen LogP contribution is -2.51. The molecule has 0 aliphatic carbocycles. The number of nitrogens with one attached hydrogen (secondary N) is 1. The number of morpholine rings is 1. The van der Waals surface area contributed by atoms with Crippen molar-refractivity contribution in [2.75, 3.05) is 32.8 Å². The van der Waals surface area contributed by atoms with Gasteiger partial charge in [-0.2, -0.15) is 0 Å². The van der Waals surface area contributed by atoms with Crippen LogP contribution in [-0.4, -0.2) is 52.2 Å². The minimum atomic E-state index is -3.44. The van der Waals surface area contributed by atoms with Crippen LogP contribution >= 0.6 is 0 Å². The SMILES string of the molecule is CC(C)C(CNS(=O)(=O)c1ccccc1)N1CCOCC1. The Morgan fingerprint density at radius 1 is 1.19 bits per heavy atom. The molecule has 0 amide bonds. The Labute approximate surface area is 127 Å². The maximum absolute atomic E-state index is 12.3. The minimum Gasteiger partial charge on any atom is -0.379 e. The van der Waals surface area contributed by atoms with Gasteiger partial charge in [0.15, 0.2) is 0 Å². The Bertz CT molecular complexity index is 525. The van der Waals surface area contributed by atoms with Gasteiger partial charge in [0.1, 0.15) is 0 Å². The lowest BCUT2D eigenvalue weighted by molar-refractivity contribution is 0.00776. The summed E-state index contributed by atoms with van der Waals surface area (Å²) in [6, 6.07) is 8.69. The van der Waals surface area contributed by atoms with Gasteiger partial charge < -0.3 is 4.74 Å². The zero-order chi connectivity index (χ0) is 15.3. The summed E-state index contributed by atoms with van der Waals surface area (Å²) >= 11 is 0. The summed E-state index contributed by atoms with van der Waals surface area (Å²) in [6.07, 6.45) is 0. The molecule has 1 aliphatic rings. The van der Waals surface area contributed by atoms with Gasteiger partial charge in [-0.25, -0.2) is 13.1 Å². The predicted molar refractivity (Wildman–Crippen MR) is 82.6 cm³/mol. The number of hydrogen-bond acceptors (Lipinski definition) is 4. The lowest BCUT2D eigenvalue weighted by atomic mass is 10.0. The Morgan fingerprint density at radius 2 is 1.81 bits per heavy atom. The summed E-state index contributed by atoms with van der Waals surface area (Å²) in [5.41, 5.74) is 0. The van der Waals surface area contributed by atoms with Crippen molar-refractivity contribution in [3.63, 3.8) is 0 Å². The smallest absolute Gasteiger partial charge is 0.240 e. The summed E-state index contributed by atoms with van der Waals surface area (Å²) < 4.78 is 32.7. The van der Waals surface area contributed by atoms with Gasteiger partial charge in [0.25, 0.3) is 0 Å². The highest BCUT2D eigenvalue weighted by Gasteiger charge is 2.25. The van der Waals surface area contributed by atoms with E-state index >= 15 is 0 Å². The molecule has 1 unspecified atom stereocenters. The van der Waals surface area contributed by atoms with Gasteiger partial charge in [-0.15, -0.1) is 0 Å². The molecule has 0 spiro atoms. The van der Waals surface area contributed by atoms with E-state index in [1.807, 2.05) is 6.07 Å². The van der Waals surface area contributed by atoms with E-state index < -0.39 is 10.0 Å². The molecule has 1 atom stereocenters. The third-order valence-corrected chi connectivity index (χ3v) is 5.26. The van der Waals surface area contributed by atoms with Gasteiger partial charge in [-0.1, -0.05) is 32.0 Å². The molecule has 1 N–H and O–H groups in total. The van der Waals surface area contributed by atoms with Crippen LogP contribution in [0.2, 0.25) is 0 Å². The normalized spacial score (nSPS) is 18.8. The molecular weight excluding hydrogens is 288 g/mol. The third kappa shape index (κ3) is 4.51. The van der Waals surface area contributed by atoms with Crippen LogP contribution in [0.15, 0.2) is 35.2 Å². The van der Waals surface area contributed by atoms with Crippen LogP contribution in [0.1, 0.15) is 13.8 Å². The molecule has 118 valence electrons. The molecule has 6 heteroatoms. The predicted octanol–water partition coefficient (Wildman–Crippen LogP) is 1.32. The highest BCUT2D eigenvalue weighted by atomic mass is 32.2. The van der Waals surface area contributed by atoms with E-state index in [0.29, 0.717) is 30.6 Å². The van der Waals surface area contributed by atoms with Gasteiger partial charge in [0.2, 0.25) is 10.0 Å². The molecule has 2 rings (SSSR count). The first-order chi connectivity index (χ1) is 10.0. The van der Waals surface area contributed by atoms with E-state index in [-0.39, 0.29) is 6.04 Å². The second-order valence-electron chi connectivity index (χ2n) is 5.62. The molecule has 0 saturated carbocycles. The second-order valence-corrected chi connectivity index (χ2v) is 7.39. The summed E-state index contributed by atoms with van der Waals surface area (Å²) in [4.78, 5) is 2.62. The standard InChI is InChI=1S/C15H24N2O3S/c1-13(2)15(17-8-10-20-11-9-17)12-16-21(18,19)14-6-4-3-5-7-14/h3-7,13,15-16H,8-12H2,1-2H3. The van der Waals surface area contributed by atoms with E-state index in [9.17, 15) is 8.42 Å². The zero-order valence-electron chi connectivity index (χ0n) is 12.7. The number of nitrogens with zero attached hydrogens (tertiary/aromatic N) is 1. The van der Waals surface area contributed by atoms with Gasteiger partial charge in [-0.3, -0.25) is 4.90 Å². The molecule has 5 nitrogen and oxygen atoms in total. The molecule has 1 heterocycles. The van der Waals surface area contributed by atoms with Crippen LogP contribution < -0.4 is 4.72 Å². The van der Waals surface area contributed by atoms with Gasteiger partial charge in [0.05, 0.1) is 18.1 Å². The average molecular weight is 312 g/mol. The molecule has 0 aromatic heterocycles. The highest BCUT2D eigenvalue weighted by molar-refractivity contribution is 7.89. The molecular formula is C15H24N2O3S. The first-order valence-electron chi connectivity index (χ1n) is 7.37. The summed E-state index contributed by atoms with van der Waals surface area (Å²) in [6.45, 7) is 7.82. The van der Waals surface area contributed by atoms with Gasteiger partial charge in [-0.05, 0) is 18.1 Å². The molecule has 1 fully saturated rings. The number of benzene rings is 1. The first-order valence-corrected chi connectivity index (χ1v) is 8.85. The van der Waals surface area contributed by atoms with Crippen molar-refractivity contribution < 1.29 is 13.2 Å². The van der Waals surface area contributed by atoms with Crippen molar-refractivity contribution in [2.45, 2.75) is 24.8 Å². The fraction of sp³-hybridized carbons (Fsp3) is 0.600. The number of sulfonamides is 1. The van der Waals surface area contributed by atoms with Crippen LogP contribution in [0.3, 0.4) is 0 Å². The Hall–Kier alpha value is -0.950. The van der Waals surface area contributed by atoms with Gasteiger partial charge in [0, 0.05) is 25.7 Å². The highest BCUT2D eigenvalue weighted by Crippen LogP contribution is 2.14. The van der Waals surface area contributed by atoms with Crippen molar-refractivity contribution in [2.24, 2.45) is 5.92 Å². The quantitative estimate of drug-likeness (QED) is 0.861. The van der Waals surface area contributed by atoms with Crippen LogP contribution in [0, 0.1) is 5.92 Å². The monoisotopic (exact) mass is 312 g/mol. The fourth-order valence-corrected chi connectivity index (χ4v) is 3.65. The molecule has 1 aliphatic heterocycles. The third-order valence-electron chi connectivity index (χ3n) is 3.82. The molecule has 1 saturated heterocycles. The molecule has 0 radical (unpaired) electrons. The second kappa shape index (κ2) is 7.35. The fourth-order valence-electron chi connectivity index (χ4n) is 2.57. The molecule has 1 aromatic carbocycles. The van der Waals surface area contributed by atoms with Crippen LogP contribution in [-0.2, 0) is 14.8 Å². The molecule has 1 aromatic rings. The largest absolute Gasteiger partial charge is 0.379 e. The molecule has 21 heavy (non-hydrogen) atoms.